The first kappa shape index (κ1) is 15.6. The van der Waals surface area contributed by atoms with E-state index in [1.807, 2.05) is 25.1 Å². The summed E-state index contributed by atoms with van der Waals surface area (Å²) < 4.78 is 13.7. The second-order valence-corrected chi connectivity index (χ2v) is 5.94. The number of nitrogens with one attached hydrogen (secondary N) is 1. The Morgan fingerprint density at radius 3 is 2.67 bits per heavy atom. The van der Waals surface area contributed by atoms with Crippen LogP contribution in [0, 0.1) is 5.82 Å². The van der Waals surface area contributed by atoms with Gasteiger partial charge in [-0.2, -0.15) is 0 Å². The van der Waals surface area contributed by atoms with Crippen molar-refractivity contribution in [3.63, 3.8) is 0 Å². The molecule has 1 aromatic carbocycles. The summed E-state index contributed by atoms with van der Waals surface area (Å²) in [5.41, 5.74) is 0.0635. The topological polar surface area (TPSA) is 35.5 Å². The average molecular weight is 319 g/mol. The third-order valence-electron chi connectivity index (χ3n) is 2.48. The van der Waals surface area contributed by atoms with Crippen molar-refractivity contribution in [2.24, 2.45) is 0 Å². The van der Waals surface area contributed by atoms with Gasteiger partial charge in [-0.3, -0.25) is 0 Å². The van der Waals surface area contributed by atoms with Crippen molar-refractivity contribution in [3.05, 3.63) is 34.1 Å². The molecule has 0 aliphatic heterocycles. The first-order valence-electron chi connectivity index (χ1n) is 5.82. The smallest absolute Gasteiger partial charge is 0.137 e. The Bertz CT molecular complexity index is 397. The fourth-order valence-electron chi connectivity index (χ4n) is 1.86. The molecule has 1 atom stereocenters. The highest BCUT2D eigenvalue weighted by Gasteiger charge is 2.20. The summed E-state index contributed by atoms with van der Waals surface area (Å²) in [5, 5.41) is 13.2. The van der Waals surface area contributed by atoms with E-state index < -0.39 is 5.60 Å². The molecule has 5 heteroatoms. The van der Waals surface area contributed by atoms with E-state index >= 15 is 0 Å². The molecule has 1 rings (SSSR count). The van der Waals surface area contributed by atoms with Gasteiger partial charge in [-0.15, -0.1) is 0 Å². The molecule has 0 bridgehead atoms. The second-order valence-electron chi connectivity index (χ2n) is 5.09. The van der Waals surface area contributed by atoms with Crippen LogP contribution in [0.5, 0.6) is 0 Å². The van der Waals surface area contributed by atoms with Gasteiger partial charge in [0.05, 0.1) is 10.1 Å². The van der Waals surface area contributed by atoms with Crippen LogP contribution in [0.25, 0.3) is 0 Å². The van der Waals surface area contributed by atoms with Crippen LogP contribution in [0.3, 0.4) is 0 Å². The molecule has 3 nitrogen and oxygen atoms in total. The van der Waals surface area contributed by atoms with E-state index in [0.717, 1.165) is 5.56 Å². The molecule has 102 valence electrons. The molecule has 0 amide bonds. The van der Waals surface area contributed by atoms with E-state index in [0.29, 0.717) is 24.1 Å². The molecule has 0 saturated carbocycles. The van der Waals surface area contributed by atoms with Crippen LogP contribution in [0.1, 0.15) is 12.5 Å². The fraction of sp³-hybridized carbons (Fsp3) is 0.538. The van der Waals surface area contributed by atoms with E-state index in [1.54, 1.807) is 13.0 Å². The SMILES string of the molecule is CN(C)CC(C)(O)CNCc1ccc(Br)c(F)c1. The number of hydrogen-bond acceptors (Lipinski definition) is 3. The minimum Gasteiger partial charge on any atom is -0.388 e. The highest BCUT2D eigenvalue weighted by Crippen LogP contribution is 2.16. The maximum absolute atomic E-state index is 13.3. The molecule has 2 N–H and O–H groups in total. The molecular formula is C13H20BrFN2O. The van der Waals surface area contributed by atoms with Gasteiger partial charge in [0.1, 0.15) is 5.82 Å². The zero-order valence-electron chi connectivity index (χ0n) is 11.0. The van der Waals surface area contributed by atoms with Gasteiger partial charge in [0, 0.05) is 19.6 Å². The Kier molecular flexibility index (Phi) is 5.72. The summed E-state index contributed by atoms with van der Waals surface area (Å²) >= 11 is 3.12. The lowest BCUT2D eigenvalue weighted by Gasteiger charge is -2.27. The summed E-state index contributed by atoms with van der Waals surface area (Å²) in [7, 11) is 3.83. The number of likely N-dealkylation sites (N-methyl/N-ethyl adjacent to an activating group) is 1. The standard InChI is InChI=1S/C13H20BrFN2O/c1-13(18,9-17(2)3)8-16-7-10-4-5-11(14)12(15)6-10/h4-6,16,18H,7-9H2,1-3H3. The molecule has 0 aromatic heterocycles. The van der Waals surface area contributed by atoms with Crippen LogP contribution < -0.4 is 5.32 Å². The second kappa shape index (κ2) is 6.61. The van der Waals surface area contributed by atoms with Gasteiger partial charge >= 0.3 is 0 Å². The van der Waals surface area contributed by atoms with E-state index in [1.165, 1.54) is 6.07 Å². The minimum atomic E-state index is -0.794. The largest absolute Gasteiger partial charge is 0.388 e. The molecule has 18 heavy (non-hydrogen) atoms. The van der Waals surface area contributed by atoms with Crippen molar-refractivity contribution >= 4 is 15.9 Å². The van der Waals surface area contributed by atoms with E-state index in [2.05, 4.69) is 21.2 Å². The normalized spacial score (nSPS) is 14.8. The zero-order chi connectivity index (χ0) is 13.8. The molecule has 0 aliphatic rings. The van der Waals surface area contributed by atoms with Crippen molar-refractivity contribution in [1.82, 2.24) is 10.2 Å². The Morgan fingerprint density at radius 2 is 2.11 bits per heavy atom. The van der Waals surface area contributed by atoms with Crippen molar-refractivity contribution in [2.45, 2.75) is 19.1 Å². The molecular weight excluding hydrogens is 299 g/mol. The van der Waals surface area contributed by atoms with Crippen LogP contribution in [0.2, 0.25) is 0 Å². The first-order chi connectivity index (χ1) is 8.30. The van der Waals surface area contributed by atoms with E-state index in [4.69, 9.17) is 0 Å². The maximum Gasteiger partial charge on any atom is 0.137 e. The van der Waals surface area contributed by atoms with Crippen molar-refractivity contribution in [1.29, 1.82) is 0 Å². The molecule has 0 saturated heterocycles. The lowest BCUT2D eigenvalue weighted by Crippen LogP contribution is -2.45. The molecule has 0 heterocycles. The third-order valence-corrected chi connectivity index (χ3v) is 3.12. The summed E-state index contributed by atoms with van der Waals surface area (Å²) in [6.45, 7) is 3.35. The lowest BCUT2D eigenvalue weighted by atomic mass is 10.1. The zero-order valence-corrected chi connectivity index (χ0v) is 12.6. The van der Waals surface area contributed by atoms with Gasteiger partial charge in [0.25, 0.3) is 0 Å². The summed E-state index contributed by atoms with van der Waals surface area (Å²) in [4.78, 5) is 1.93. The number of rotatable bonds is 6. The highest BCUT2D eigenvalue weighted by molar-refractivity contribution is 9.10. The van der Waals surface area contributed by atoms with Crippen molar-refractivity contribution < 1.29 is 9.50 Å². The van der Waals surface area contributed by atoms with Gasteiger partial charge in [-0.1, -0.05) is 6.07 Å². The van der Waals surface area contributed by atoms with Gasteiger partial charge < -0.3 is 15.3 Å². The first-order valence-corrected chi connectivity index (χ1v) is 6.61. The van der Waals surface area contributed by atoms with Gasteiger partial charge in [-0.25, -0.2) is 4.39 Å². The molecule has 0 radical (unpaired) electrons. The molecule has 0 aliphatic carbocycles. The summed E-state index contributed by atoms with van der Waals surface area (Å²) in [5.74, 6) is -0.269. The van der Waals surface area contributed by atoms with Gasteiger partial charge in [-0.05, 0) is 54.6 Å². The monoisotopic (exact) mass is 318 g/mol. The Hall–Kier alpha value is -0.490. The van der Waals surface area contributed by atoms with Crippen molar-refractivity contribution in [3.8, 4) is 0 Å². The predicted molar refractivity (Wildman–Crippen MR) is 75.0 cm³/mol. The fourth-order valence-corrected chi connectivity index (χ4v) is 2.11. The Balaban J connectivity index is 2.43. The summed E-state index contributed by atoms with van der Waals surface area (Å²) in [6, 6.07) is 5.02. The van der Waals surface area contributed by atoms with Crippen LogP contribution >= 0.6 is 15.9 Å². The number of benzene rings is 1. The number of halogens is 2. The maximum atomic E-state index is 13.3. The number of nitrogens with zero attached hydrogens (tertiary/aromatic N) is 1. The third kappa shape index (κ3) is 5.44. The number of hydrogen-bond donors (Lipinski definition) is 2. The molecule has 1 aromatic rings. The molecule has 0 fully saturated rings. The summed E-state index contributed by atoms with van der Waals surface area (Å²) in [6.07, 6.45) is 0. The Morgan fingerprint density at radius 1 is 1.44 bits per heavy atom. The van der Waals surface area contributed by atoms with Crippen LogP contribution in [-0.2, 0) is 6.54 Å². The number of aliphatic hydroxyl groups is 1. The van der Waals surface area contributed by atoms with Crippen LogP contribution in [0.4, 0.5) is 4.39 Å². The average Bonchev–Trinajstić information content (AvgIpc) is 2.21. The quantitative estimate of drug-likeness (QED) is 0.842. The highest BCUT2D eigenvalue weighted by atomic mass is 79.9. The van der Waals surface area contributed by atoms with Gasteiger partial charge in [0.2, 0.25) is 0 Å². The molecule has 0 spiro atoms. The van der Waals surface area contributed by atoms with Gasteiger partial charge in [0.15, 0.2) is 0 Å². The minimum absolute atomic E-state index is 0.269. The van der Waals surface area contributed by atoms with Crippen LogP contribution in [-0.4, -0.2) is 42.8 Å². The predicted octanol–water partition coefficient (Wildman–Crippen LogP) is 1.99. The molecule has 1 unspecified atom stereocenters. The lowest BCUT2D eigenvalue weighted by molar-refractivity contribution is 0.0336. The van der Waals surface area contributed by atoms with Crippen LogP contribution in [0.15, 0.2) is 22.7 Å². The van der Waals surface area contributed by atoms with E-state index in [9.17, 15) is 9.50 Å². The van der Waals surface area contributed by atoms with Crippen molar-refractivity contribution in [2.75, 3.05) is 27.2 Å². The Labute approximate surface area is 116 Å². The van der Waals surface area contributed by atoms with E-state index in [-0.39, 0.29) is 5.82 Å².